The van der Waals surface area contributed by atoms with Gasteiger partial charge in [0.2, 0.25) is 0 Å². The van der Waals surface area contributed by atoms with Crippen LogP contribution >= 0.6 is 0 Å². The molecule has 126 valence electrons. The number of benzene rings is 2. The minimum absolute atomic E-state index is 0.0386. The SMILES string of the molecule is COc1ccccc1NCC(=O)NN=C(C)c1ccc(F)cc1F. The normalized spacial score (nSPS) is 11.1. The standard InChI is InChI=1S/C17H17F2N3O2/c1-11(13-8-7-12(18)9-14(13)19)21-22-17(23)10-20-15-5-3-4-6-16(15)24-2/h3-9,20H,10H2,1-2H3,(H,22,23). The third kappa shape index (κ3) is 4.52. The summed E-state index contributed by atoms with van der Waals surface area (Å²) in [7, 11) is 1.53. The van der Waals surface area contributed by atoms with Gasteiger partial charge in [0.05, 0.1) is 25.1 Å². The number of carbonyl (C=O) groups excluding carboxylic acids is 1. The van der Waals surface area contributed by atoms with Crippen molar-refractivity contribution >= 4 is 17.3 Å². The Morgan fingerprint density at radius 1 is 1.21 bits per heavy atom. The first-order valence-electron chi connectivity index (χ1n) is 7.16. The van der Waals surface area contributed by atoms with Crippen LogP contribution in [0.25, 0.3) is 0 Å². The largest absolute Gasteiger partial charge is 0.495 e. The van der Waals surface area contributed by atoms with Crippen LogP contribution in [0.1, 0.15) is 12.5 Å². The maximum absolute atomic E-state index is 13.6. The highest BCUT2D eigenvalue weighted by molar-refractivity contribution is 5.99. The van der Waals surface area contributed by atoms with Gasteiger partial charge in [0.1, 0.15) is 17.4 Å². The van der Waals surface area contributed by atoms with Crippen LogP contribution in [0.15, 0.2) is 47.6 Å². The number of hydrogen-bond donors (Lipinski definition) is 2. The number of carbonyl (C=O) groups is 1. The fourth-order valence-electron chi connectivity index (χ4n) is 2.00. The number of hydrogen-bond acceptors (Lipinski definition) is 4. The van der Waals surface area contributed by atoms with Crippen LogP contribution in [-0.2, 0) is 4.79 Å². The molecule has 24 heavy (non-hydrogen) atoms. The molecule has 2 rings (SSSR count). The van der Waals surface area contributed by atoms with Crippen LogP contribution in [0.3, 0.4) is 0 Å². The first-order valence-corrected chi connectivity index (χ1v) is 7.16. The van der Waals surface area contributed by atoms with E-state index in [2.05, 4.69) is 15.8 Å². The summed E-state index contributed by atoms with van der Waals surface area (Å²) in [5.41, 5.74) is 3.34. The number of nitrogens with one attached hydrogen (secondary N) is 2. The van der Waals surface area contributed by atoms with Gasteiger partial charge in [-0.15, -0.1) is 0 Å². The van der Waals surface area contributed by atoms with Crippen LogP contribution < -0.4 is 15.5 Å². The van der Waals surface area contributed by atoms with E-state index in [4.69, 9.17) is 4.74 Å². The van der Waals surface area contributed by atoms with Gasteiger partial charge in [-0.25, -0.2) is 14.2 Å². The second kappa shape index (κ2) is 8.05. The molecule has 0 spiro atoms. The predicted octanol–water partition coefficient (Wildman–Crippen LogP) is 2.93. The molecule has 2 aromatic carbocycles. The molecular formula is C17H17F2N3O2. The van der Waals surface area contributed by atoms with Crippen molar-refractivity contribution in [1.29, 1.82) is 0 Å². The lowest BCUT2D eigenvalue weighted by molar-refractivity contribution is -0.119. The molecule has 0 atom stereocenters. The van der Waals surface area contributed by atoms with Gasteiger partial charge in [0.15, 0.2) is 0 Å². The molecule has 7 heteroatoms. The van der Waals surface area contributed by atoms with Gasteiger partial charge in [-0.2, -0.15) is 5.10 Å². The molecule has 1 amide bonds. The van der Waals surface area contributed by atoms with Crippen LogP contribution in [0, 0.1) is 11.6 Å². The first kappa shape index (κ1) is 17.4. The molecular weight excluding hydrogens is 316 g/mol. The second-order valence-corrected chi connectivity index (χ2v) is 4.91. The zero-order valence-electron chi connectivity index (χ0n) is 13.3. The van der Waals surface area contributed by atoms with Crippen molar-refractivity contribution < 1.29 is 18.3 Å². The number of para-hydroxylation sites is 2. The van der Waals surface area contributed by atoms with E-state index in [9.17, 15) is 13.6 Å². The molecule has 0 fully saturated rings. The summed E-state index contributed by atoms with van der Waals surface area (Å²) in [5.74, 6) is -1.21. The monoisotopic (exact) mass is 333 g/mol. The summed E-state index contributed by atoms with van der Waals surface area (Å²) in [6.07, 6.45) is 0. The quantitative estimate of drug-likeness (QED) is 0.631. The summed E-state index contributed by atoms with van der Waals surface area (Å²) < 4.78 is 31.7. The smallest absolute Gasteiger partial charge is 0.259 e. The van der Waals surface area contributed by atoms with Gasteiger partial charge < -0.3 is 10.1 Å². The van der Waals surface area contributed by atoms with Crippen LogP contribution in [0.4, 0.5) is 14.5 Å². The van der Waals surface area contributed by atoms with Crippen molar-refractivity contribution in [3.8, 4) is 5.75 Å². The Morgan fingerprint density at radius 2 is 1.96 bits per heavy atom. The van der Waals surface area contributed by atoms with E-state index in [1.54, 1.807) is 12.1 Å². The average Bonchev–Trinajstić information content (AvgIpc) is 2.58. The fraction of sp³-hybridized carbons (Fsp3) is 0.176. The molecule has 0 radical (unpaired) electrons. The van der Waals surface area contributed by atoms with E-state index in [1.165, 1.54) is 20.1 Å². The maximum Gasteiger partial charge on any atom is 0.259 e. The lowest BCUT2D eigenvalue weighted by Gasteiger charge is -2.10. The van der Waals surface area contributed by atoms with E-state index < -0.39 is 17.5 Å². The van der Waals surface area contributed by atoms with Crippen molar-refractivity contribution in [1.82, 2.24) is 5.43 Å². The minimum Gasteiger partial charge on any atom is -0.495 e. The molecule has 5 nitrogen and oxygen atoms in total. The Bertz CT molecular complexity index is 763. The zero-order chi connectivity index (χ0) is 17.5. The van der Waals surface area contributed by atoms with Gasteiger partial charge in [-0.3, -0.25) is 4.79 Å². The fourth-order valence-corrected chi connectivity index (χ4v) is 2.00. The summed E-state index contributed by atoms with van der Waals surface area (Å²) in [6.45, 7) is 1.48. The lowest BCUT2D eigenvalue weighted by Crippen LogP contribution is -2.27. The number of halogens is 2. The molecule has 0 saturated carbocycles. The lowest BCUT2D eigenvalue weighted by atomic mass is 10.1. The van der Waals surface area contributed by atoms with Crippen molar-refractivity contribution in [2.75, 3.05) is 19.0 Å². The van der Waals surface area contributed by atoms with Crippen molar-refractivity contribution in [3.05, 3.63) is 59.7 Å². The highest BCUT2D eigenvalue weighted by Gasteiger charge is 2.08. The summed E-state index contributed by atoms with van der Waals surface area (Å²) in [5, 5.41) is 6.74. The molecule has 0 aliphatic carbocycles. The number of methoxy groups -OCH3 is 1. The van der Waals surface area contributed by atoms with Gasteiger partial charge in [0.25, 0.3) is 5.91 Å². The number of rotatable bonds is 6. The Kier molecular flexibility index (Phi) is 5.83. The number of hydrazone groups is 1. The Morgan fingerprint density at radius 3 is 2.67 bits per heavy atom. The predicted molar refractivity (Wildman–Crippen MR) is 88.2 cm³/mol. The molecule has 0 saturated heterocycles. The van der Waals surface area contributed by atoms with Crippen molar-refractivity contribution in [2.24, 2.45) is 5.10 Å². The Hall–Kier alpha value is -2.96. The van der Waals surface area contributed by atoms with E-state index in [1.807, 2.05) is 12.1 Å². The first-order chi connectivity index (χ1) is 11.5. The molecule has 2 N–H and O–H groups in total. The molecule has 0 unspecified atom stereocenters. The molecule has 0 aliphatic rings. The van der Waals surface area contributed by atoms with Gasteiger partial charge in [-0.05, 0) is 31.2 Å². The Balaban J connectivity index is 1.94. The number of amides is 1. The summed E-state index contributed by atoms with van der Waals surface area (Å²) in [6, 6.07) is 10.3. The van der Waals surface area contributed by atoms with E-state index in [-0.39, 0.29) is 17.8 Å². The highest BCUT2D eigenvalue weighted by Crippen LogP contribution is 2.22. The summed E-state index contributed by atoms with van der Waals surface area (Å²) >= 11 is 0. The summed E-state index contributed by atoms with van der Waals surface area (Å²) in [4.78, 5) is 11.8. The van der Waals surface area contributed by atoms with Gasteiger partial charge >= 0.3 is 0 Å². The Labute approximate surface area is 138 Å². The number of anilines is 1. The van der Waals surface area contributed by atoms with Gasteiger partial charge in [0, 0.05) is 11.6 Å². The van der Waals surface area contributed by atoms with Crippen molar-refractivity contribution in [3.63, 3.8) is 0 Å². The minimum atomic E-state index is -0.738. The van der Waals surface area contributed by atoms with Gasteiger partial charge in [-0.1, -0.05) is 12.1 Å². The van der Waals surface area contributed by atoms with Crippen LogP contribution in [0.2, 0.25) is 0 Å². The zero-order valence-corrected chi connectivity index (χ0v) is 13.3. The number of nitrogens with zero attached hydrogens (tertiary/aromatic N) is 1. The highest BCUT2D eigenvalue weighted by atomic mass is 19.1. The third-order valence-corrected chi connectivity index (χ3v) is 3.22. The van der Waals surface area contributed by atoms with E-state index >= 15 is 0 Å². The molecule has 0 heterocycles. The molecule has 2 aromatic rings. The van der Waals surface area contributed by atoms with Crippen LogP contribution in [-0.4, -0.2) is 25.3 Å². The molecule has 0 aromatic heterocycles. The third-order valence-electron chi connectivity index (χ3n) is 3.22. The van der Waals surface area contributed by atoms with Crippen LogP contribution in [0.5, 0.6) is 5.75 Å². The van der Waals surface area contributed by atoms with E-state index in [0.717, 1.165) is 12.1 Å². The maximum atomic E-state index is 13.6. The number of ether oxygens (including phenoxy) is 1. The molecule has 0 aliphatic heterocycles. The second-order valence-electron chi connectivity index (χ2n) is 4.91. The molecule has 0 bridgehead atoms. The average molecular weight is 333 g/mol. The van der Waals surface area contributed by atoms with Crippen molar-refractivity contribution in [2.45, 2.75) is 6.92 Å². The van der Waals surface area contributed by atoms with E-state index in [0.29, 0.717) is 11.4 Å². The topological polar surface area (TPSA) is 62.7 Å².